The summed E-state index contributed by atoms with van der Waals surface area (Å²) in [5.41, 5.74) is 0.730. The van der Waals surface area contributed by atoms with Crippen molar-refractivity contribution in [3.05, 3.63) is 23.8 Å². The van der Waals surface area contributed by atoms with Crippen molar-refractivity contribution in [2.75, 3.05) is 26.9 Å². The van der Waals surface area contributed by atoms with Crippen molar-refractivity contribution in [2.24, 2.45) is 0 Å². The number of hydrogen-bond donors (Lipinski definition) is 1. The van der Waals surface area contributed by atoms with Gasteiger partial charge in [-0.1, -0.05) is 6.92 Å². The van der Waals surface area contributed by atoms with E-state index in [1.54, 1.807) is 7.11 Å². The third-order valence-corrected chi connectivity index (χ3v) is 3.38. The molecular formula is C13H21N3O2. The lowest BCUT2D eigenvalue weighted by atomic mass is 9.93. The number of aromatic nitrogens is 2. The van der Waals surface area contributed by atoms with Crippen molar-refractivity contribution in [2.45, 2.75) is 31.9 Å². The second-order valence-electron chi connectivity index (χ2n) is 4.51. The Morgan fingerprint density at radius 3 is 2.56 bits per heavy atom. The zero-order valence-electron chi connectivity index (χ0n) is 11.1. The maximum Gasteiger partial charge on any atom is 0.160 e. The van der Waals surface area contributed by atoms with E-state index in [1.165, 1.54) is 0 Å². The summed E-state index contributed by atoms with van der Waals surface area (Å²) in [6.07, 6.45) is 5.38. The Kier molecular flexibility index (Phi) is 4.63. The molecule has 0 unspecified atom stereocenters. The number of nitrogens with one attached hydrogen (secondary N) is 1. The molecule has 0 amide bonds. The first kappa shape index (κ1) is 13.4. The highest BCUT2D eigenvalue weighted by molar-refractivity contribution is 5.10. The van der Waals surface area contributed by atoms with Crippen LogP contribution in [0.25, 0.3) is 0 Å². The standard InChI is InChI=1S/C13H21N3O2/c1-3-14-8-11-9-15-12(16-10-11)13(17-2)4-6-18-7-5-13/h9-10,14H,3-8H2,1-2H3. The molecule has 100 valence electrons. The first-order chi connectivity index (χ1) is 8.80. The fourth-order valence-corrected chi connectivity index (χ4v) is 2.17. The summed E-state index contributed by atoms with van der Waals surface area (Å²) < 4.78 is 11.0. The summed E-state index contributed by atoms with van der Waals surface area (Å²) in [6.45, 7) is 5.24. The first-order valence-electron chi connectivity index (χ1n) is 6.46. The molecule has 1 saturated heterocycles. The molecule has 1 aliphatic heterocycles. The Hall–Kier alpha value is -1.04. The van der Waals surface area contributed by atoms with Crippen LogP contribution in [0.2, 0.25) is 0 Å². The van der Waals surface area contributed by atoms with Crippen LogP contribution in [0.15, 0.2) is 12.4 Å². The molecule has 2 rings (SSSR count). The summed E-state index contributed by atoms with van der Waals surface area (Å²) in [5.74, 6) is 0.772. The van der Waals surface area contributed by atoms with E-state index >= 15 is 0 Å². The fourth-order valence-electron chi connectivity index (χ4n) is 2.17. The van der Waals surface area contributed by atoms with Crippen LogP contribution in [-0.2, 0) is 21.6 Å². The van der Waals surface area contributed by atoms with Crippen molar-refractivity contribution in [1.29, 1.82) is 0 Å². The monoisotopic (exact) mass is 251 g/mol. The van der Waals surface area contributed by atoms with Crippen LogP contribution >= 0.6 is 0 Å². The molecule has 0 aromatic carbocycles. The van der Waals surface area contributed by atoms with E-state index < -0.39 is 0 Å². The molecular weight excluding hydrogens is 230 g/mol. The van der Waals surface area contributed by atoms with E-state index in [0.29, 0.717) is 13.2 Å². The zero-order valence-corrected chi connectivity index (χ0v) is 11.1. The summed E-state index contributed by atoms with van der Waals surface area (Å²) in [6, 6.07) is 0. The minimum Gasteiger partial charge on any atom is -0.381 e. The van der Waals surface area contributed by atoms with Gasteiger partial charge in [-0.3, -0.25) is 0 Å². The molecule has 2 heterocycles. The summed E-state index contributed by atoms with van der Waals surface area (Å²) in [7, 11) is 1.72. The molecule has 0 aliphatic carbocycles. The molecule has 0 radical (unpaired) electrons. The maximum atomic E-state index is 5.67. The number of nitrogens with zero attached hydrogens (tertiary/aromatic N) is 2. The highest BCUT2D eigenvalue weighted by atomic mass is 16.5. The second-order valence-corrected chi connectivity index (χ2v) is 4.51. The average molecular weight is 251 g/mol. The van der Waals surface area contributed by atoms with E-state index in [4.69, 9.17) is 9.47 Å². The van der Waals surface area contributed by atoms with Crippen molar-refractivity contribution in [3.63, 3.8) is 0 Å². The molecule has 0 saturated carbocycles. The molecule has 5 nitrogen and oxygen atoms in total. The second kappa shape index (κ2) is 6.22. The van der Waals surface area contributed by atoms with Crippen molar-refractivity contribution in [3.8, 4) is 0 Å². The molecule has 0 atom stereocenters. The van der Waals surface area contributed by atoms with Crippen LogP contribution in [0.4, 0.5) is 0 Å². The normalized spacial score (nSPS) is 18.8. The number of hydrogen-bond acceptors (Lipinski definition) is 5. The molecule has 1 N–H and O–H groups in total. The smallest absolute Gasteiger partial charge is 0.160 e. The topological polar surface area (TPSA) is 56.3 Å². The van der Waals surface area contributed by atoms with Crippen molar-refractivity contribution >= 4 is 0 Å². The average Bonchev–Trinajstić information content (AvgIpc) is 2.46. The van der Waals surface area contributed by atoms with Gasteiger partial charge in [0.15, 0.2) is 5.82 Å². The predicted octanol–water partition coefficient (Wildman–Crippen LogP) is 1.24. The third-order valence-electron chi connectivity index (χ3n) is 3.38. The minimum absolute atomic E-state index is 0.366. The van der Waals surface area contributed by atoms with Gasteiger partial charge < -0.3 is 14.8 Å². The lowest BCUT2D eigenvalue weighted by Gasteiger charge is -2.34. The van der Waals surface area contributed by atoms with Crippen molar-refractivity contribution < 1.29 is 9.47 Å². The quantitative estimate of drug-likeness (QED) is 0.853. The molecule has 1 aliphatic rings. The Balaban J connectivity index is 2.11. The highest BCUT2D eigenvalue weighted by Crippen LogP contribution is 2.32. The van der Waals surface area contributed by atoms with E-state index in [0.717, 1.165) is 37.3 Å². The molecule has 1 aromatic rings. The number of methoxy groups -OCH3 is 1. The molecule has 1 fully saturated rings. The van der Waals surface area contributed by atoms with Gasteiger partial charge in [-0.05, 0) is 6.54 Å². The van der Waals surface area contributed by atoms with Crippen LogP contribution in [-0.4, -0.2) is 36.8 Å². The van der Waals surface area contributed by atoms with Gasteiger partial charge in [-0.15, -0.1) is 0 Å². The highest BCUT2D eigenvalue weighted by Gasteiger charge is 2.37. The number of rotatable bonds is 5. The fraction of sp³-hybridized carbons (Fsp3) is 0.692. The van der Waals surface area contributed by atoms with Gasteiger partial charge >= 0.3 is 0 Å². The molecule has 0 spiro atoms. The van der Waals surface area contributed by atoms with Gasteiger partial charge in [0, 0.05) is 57.7 Å². The molecule has 1 aromatic heterocycles. The minimum atomic E-state index is -0.366. The van der Waals surface area contributed by atoms with Crippen LogP contribution in [0.1, 0.15) is 31.2 Å². The Bertz CT molecular complexity index is 361. The van der Waals surface area contributed by atoms with Gasteiger partial charge in [0.2, 0.25) is 0 Å². The SMILES string of the molecule is CCNCc1cnc(C2(OC)CCOCC2)nc1. The van der Waals surface area contributed by atoms with Gasteiger partial charge in [-0.25, -0.2) is 9.97 Å². The summed E-state index contributed by atoms with van der Waals surface area (Å²) in [4.78, 5) is 8.93. The van der Waals surface area contributed by atoms with E-state index in [2.05, 4.69) is 22.2 Å². The van der Waals surface area contributed by atoms with Gasteiger partial charge in [0.1, 0.15) is 5.60 Å². The molecule has 18 heavy (non-hydrogen) atoms. The van der Waals surface area contributed by atoms with Crippen LogP contribution < -0.4 is 5.32 Å². The Morgan fingerprint density at radius 2 is 2.00 bits per heavy atom. The lowest BCUT2D eigenvalue weighted by Crippen LogP contribution is -2.37. The van der Waals surface area contributed by atoms with Gasteiger partial charge in [0.05, 0.1) is 0 Å². The predicted molar refractivity (Wildman–Crippen MR) is 68.2 cm³/mol. The van der Waals surface area contributed by atoms with E-state index in [9.17, 15) is 0 Å². The zero-order chi connectivity index (χ0) is 12.8. The largest absolute Gasteiger partial charge is 0.381 e. The van der Waals surface area contributed by atoms with Gasteiger partial charge in [-0.2, -0.15) is 0 Å². The molecule has 0 bridgehead atoms. The van der Waals surface area contributed by atoms with Gasteiger partial charge in [0.25, 0.3) is 0 Å². The Morgan fingerprint density at radius 1 is 1.33 bits per heavy atom. The number of ether oxygens (including phenoxy) is 2. The maximum absolute atomic E-state index is 5.67. The summed E-state index contributed by atoms with van der Waals surface area (Å²) >= 11 is 0. The van der Waals surface area contributed by atoms with E-state index in [1.807, 2.05) is 12.4 Å². The Labute approximate surface area is 108 Å². The van der Waals surface area contributed by atoms with E-state index in [-0.39, 0.29) is 5.60 Å². The van der Waals surface area contributed by atoms with Crippen LogP contribution in [0.3, 0.4) is 0 Å². The first-order valence-corrected chi connectivity index (χ1v) is 6.46. The van der Waals surface area contributed by atoms with Crippen molar-refractivity contribution in [1.82, 2.24) is 15.3 Å². The van der Waals surface area contributed by atoms with Crippen LogP contribution in [0.5, 0.6) is 0 Å². The summed E-state index contributed by atoms with van der Waals surface area (Å²) in [5, 5.41) is 3.26. The molecule has 5 heteroatoms. The van der Waals surface area contributed by atoms with Crippen LogP contribution in [0, 0.1) is 0 Å². The lowest BCUT2D eigenvalue weighted by molar-refractivity contribution is -0.1000. The third kappa shape index (κ3) is 2.85.